The van der Waals surface area contributed by atoms with Gasteiger partial charge in [0.15, 0.2) is 0 Å². The van der Waals surface area contributed by atoms with Crippen LogP contribution in [0.3, 0.4) is 0 Å². The van der Waals surface area contributed by atoms with Gasteiger partial charge in [0, 0.05) is 44.2 Å². The Labute approximate surface area is 140 Å². The lowest BCUT2D eigenvalue weighted by Gasteiger charge is -2.48. The monoisotopic (exact) mass is 332 g/mol. The first kappa shape index (κ1) is 15.5. The van der Waals surface area contributed by atoms with Gasteiger partial charge in [0.1, 0.15) is 5.69 Å². The molecule has 2 N–H and O–H groups in total. The Kier molecular flexibility index (Phi) is 3.73. The van der Waals surface area contributed by atoms with Crippen molar-refractivity contribution in [3.63, 3.8) is 0 Å². The van der Waals surface area contributed by atoms with Crippen molar-refractivity contribution in [2.24, 2.45) is 11.3 Å². The molecule has 7 nitrogen and oxygen atoms in total. The molecule has 0 unspecified atom stereocenters. The molecule has 0 aromatic carbocycles. The van der Waals surface area contributed by atoms with E-state index >= 15 is 0 Å². The highest BCUT2D eigenvalue weighted by molar-refractivity contribution is 5.92. The summed E-state index contributed by atoms with van der Waals surface area (Å²) in [5, 5.41) is 0. The van der Waals surface area contributed by atoms with E-state index in [9.17, 15) is 14.4 Å². The molecule has 2 saturated heterocycles. The maximum Gasteiger partial charge on any atom is 0.323 e. The number of rotatable bonds is 3. The molecule has 2 amide bonds. The van der Waals surface area contributed by atoms with Crippen LogP contribution in [0.4, 0.5) is 0 Å². The normalized spacial score (nSPS) is 27.8. The quantitative estimate of drug-likeness (QED) is 0.864. The average molecular weight is 332 g/mol. The van der Waals surface area contributed by atoms with Crippen LogP contribution in [0.25, 0.3) is 0 Å². The number of nitrogens with one attached hydrogen (secondary N) is 2. The van der Waals surface area contributed by atoms with Crippen LogP contribution in [-0.4, -0.2) is 57.8 Å². The molecule has 0 radical (unpaired) electrons. The summed E-state index contributed by atoms with van der Waals surface area (Å²) in [6.45, 7) is 3.05. The molecule has 1 spiro atoms. The summed E-state index contributed by atoms with van der Waals surface area (Å²) in [5.41, 5.74) is -0.0180. The van der Waals surface area contributed by atoms with E-state index in [4.69, 9.17) is 0 Å². The highest BCUT2D eigenvalue weighted by atomic mass is 16.2. The molecule has 2 aliphatic heterocycles. The van der Waals surface area contributed by atoms with Gasteiger partial charge < -0.3 is 19.8 Å². The number of carbonyl (C=O) groups excluding carboxylic acids is 2. The standard InChI is InChI=1S/C17H24N4O3/c22-14-4-6-17(11-21(14)9-12-2-3-12)5-1-7-20(10-17)15(23)13-8-18-16(24)19-13/h8,12H,1-7,9-11H2,(H2,18,19,24)/t17-/m0/s1. The summed E-state index contributed by atoms with van der Waals surface area (Å²) in [5.74, 6) is 0.833. The first-order valence-electron chi connectivity index (χ1n) is 8.89. The van der Waals surface area contributed by atoms with Crippen LogP contribution >= 0.6 is 0 Å². The van der Waals surface area contributed by atoms with Crippen molar-refractivity contribution in [3.05, 3.63) is 22.4 Å². The van der Waals surface area contributed by atoms with Gasteiger partial charge in [0.05, 0.1) is 0 Å². The lowest BCUT2D eigenvalue weighted by molar-refractivity contribution is -0.139. The Balaban J connectivity index is 1.47. The lowest BCUT2D eigenvalue weighted by atomic mass is 9.73. The third-order valence-electron chi connectivity index (χ3n) is 5.70. The Hall–Kier alpha value is -2.05. The summed E-state index contributed by atoms with van der Waals surface area (Å²) in [6, 6.07) is 0. The van der Waals surface area contributed by atoms with Gasteiger partial charge >= 0.3 is 5.69 Å². The van der Waals surface area contributed by atoms with Crippen molar-refractivity contribution < 1.29 is 9.59 Å². The van der Waals surface area contributed by atoms with Gasteiger partial charge in [0.2, 0.25) is 5.91 Å². The fraction of sp³-hybridized carbons (Fsp3) is 0.706. The van der Waals surface area contributed by atoms with E-state index in [0.717, 1.165) is 32.4 Å². The molecule has 1 aromatic rings. The number of aromatic nitrogens is 2. The minimum atomic E-state index is -0.357. The Morgan fingerprint density at radius 2 is 2.08 bits per heavy atom. The number of amides is 2. The minimum Gasteiger partial charge on any atom is -0.342 e. The van der Waals surface area contributed by atoms with Crippen LogP contribution in [0.1, 0.15) is 49.0 Å². The predicted molar refractivity (Wildman–Crippen MR) is 87.5 cm³/mol. The van der Waals surface area contributed by atoms with Crippen LogP contribution in [0.2, 0.25) is 0 Å². The van der Waals surface area contributed by atoms with Crippen molar-refractivity contribution in [1.29, 1.82) is 0 Å². The van der Waals surface area contributed by atoms with Gasteiger partial charge in [-0.3, -0.25) is 9.59 Å². The van der Waals surface area contributed by atoms with Gasteiger partial charge in [0.25, 0.3) is 5.91 Å². The second-order valence-corrected chi connectivity index (χ2v) is 7.70. The topological polar surface area (TPSA) is 89.3 Å². The minimum absolute atomic E-state index is 0.0211. The van der Waals surface area contributed by atoms with Crippen molar-refractivity contribution in [2.45, 2.75) is 38.5 Å². The van der Waals surface area contributed by atoms with Crippen LogP contribution in [-0.2, 0) is 4.79 Å². The molecule has 130 valence electrons. The number of hydrogen-bond donors (Lipinski definition) is 2. The van der Waals surface area contributed by atoms with E-state index in [-0.39, 0.29) is 22.9 Å². The number of piperidine rings is 2. The third-order valence-corrected chi connectivity index (χ3v) is 5.70. The van der Waals surface area contributed by atoms with Crippen molar-refractivity contribution in [1.82, 2.24) is 19.8 Å². The molecule has 3 fully saturated rings. The fourth-order valence-corrected chi connectivity index (χ4v) is 4.21. The van der Waals surface area contributed by atoms with Crippen molar-refractivity contribution >= 4 is 11.8 Å². The number of H-pyrrole nitrogens is 2. The van der Waals surface area contributed by atoms with Gasteiger partial charge in [-0.1, -0.05) is 0 Å². The smallest absolute Gasteiger partial charge is 0.323 e. The summed E-state index contributed by atoms with van der Waals surface area (Å²) in [7, 11) is 0. The lowest BCUT2D eigenvalue weighted by Crippen LogP contribution is -2.55. The first-order valence-corrected chi connectivity index (χ1v) is 8.89. The molecule has 24 heavy (non-hydrogen) atoms. The summed E-state index contributed by atoms with van der Waals surface area (Å²) < 4.78 is 0. The molecule has 1 aliphatic carbocycles. The molecule has 7 heteroatoms. The van der Waals surface area contributed by atoms with Crippen LogP contribution in [0.5, 0.6) is 0 Å². The van der Waals surface area contributed by atoms with Crippen molar-refractivity contribution in [3.8, 4) is 0 Å². The second-order valence-electron chi connectivity index (χ2n) is 7.70. The van der Waals surface area contributed by atoms with Gasteiger partial charge in [-0.15, -0.1) is 0 Å². The molecular formula is C17H24N4O3. The summed E-state index contributed by atoms with van der Waals surface area (Å²) in [6.07, 6.45) is 7.39. The Morgan fingerprint density at radius 1 is 1.25 bits per heavy atom. The second kappa shape index (κ2) is 5.79. The molecule has 1 saturated carbocycles. The predicted octanol–water partition coefficient (Wildman–Crippen LogP) is 0.958. The Morgan fingerprint density at radius 3 is 2.79 bits per heavy atom. The van der Waals surface area contributed by atoms with E-state index in [1.807, 2.05) is 9.80 Å². The molecule has 1 atom stereocenters. The maximum absolute atomic E-state index is 12.6. The zero-order valence-corrected chi connectivity index (χ0v) is 13.8. The van der Waals surface area contributed by atoms with E-state index < -0.39 is 0 Å². The van der Waals surface area contributed by atoms with Crippen molar-refractivity contribution in [2.75, 3.05) is 26.2 Å². The summed E-state index contributed by atoms with van der Waals surface area (Å²) in [4.78, 5) is 45.0. The number of imidazole rings is 1. The number of aromatic amines is 2. The van der Waals surface area contributed by atoms with E-state index in [0.29, 0.717) is 31.1 Å². The van der Waals surface area contributed by atoms with Crippen LogP contribution in [0, 0.1) is 11.3 Å². The fourth-order valence-electron chi connectivity index (χ4n) is 4.21. The molecule has 0 bridgehead atoms. The van der Waals surface area contributed by atoms with E-state index in [1.165, 1.54) is 19.0 Å². The zero-order valence-electron chi connectivity index (χ0n) is 13.8. The third kappa shape index (κ3) is 2.99. The van der Waals surface area contributed by atoms with E-state index in [2.05, 4.69) is 9.97 Å². The SMILES string of the molecule is O=C1CC[C@]2(CCCN(C(=O)c3c[nH]c(=O)[nH]3)C2)CN1CC1CC1. The number of hydrogen-bond acceptors (Lipinski definition) is 3. The van der Waals surface area contributed by atoms with Crippen LogP contribution < -0.4 is 5.69 Å². The first-order chi connectivity index (χ1) is 11.5. The molecule has 3 heterocycles. The number of carbonyl (C=O) groups is 2. The highest BCUT2D eigenvalue weighted by Gasteiger charge is 2.43. The number of likely N-dealkylation sites (tertiary alicyclic amines) is 2. The maximum atomic E-state index is 12.6. The molecule has 1 aromatic heterocycles. The van der Waals surface area contributed by atoms with E-state index in [1.54, 1.807) is 0 Å². The Bertz CT molecular complexity index is 705. The summed E-state index contributed by atoms with van der Waals surface area (Å²) >= 11 is 0. The molecular weight excluding hydrogens is 308 g/mol. The molecule has 3 aliphatic rings. The highest BCUT2D eigenvalue weighted by Crippen LogP contribution is 2.40. The largest absolute Gasteiger partial charge is 0.342 e. The van der Waals surface area contributed by atoms with Gasteiger partial charge in [-0.05, 0) is 38.0 Å². The number of nitrogens with zero attached hydrogens (tertiary/aromatic N) is 2. The molecule has 4 rings (SSSR count). The van der Waals surface area contributed by atoms with Gasteiger partial charge in [-0.25, -0.2) is 4.79 Å². The average Bonchev–Trinajstić information content (AvgIpc) is 3.29. The van der Waals surface area contributed by atoms with Crippen LogP contribution in [0.15, 0.2) is 11.0 Å². The zero-order chi connectivity index (χ0) is 16.7. The van der Waals surface area contributed by atoms with Gasteiger partial charge in [-0.2, -0.15) is 0 Å².